The van der Waals surface area contributed by atoms with Crippen LogP contribution in [0.1, 0.15) is 51.4 Å². The molecule has 1 atom stereocenters. The van der Waals surface area contributed by atoms with Gasteiger partial charge in [-0.15, -0.1) is 0 Å². The molecule has 16 heavy (non-hydrogen) atoms. The van der Waals surface area contributed by atoms with Crippen LogP contribution in [-0.2, 0) is 0 Å². The van der Waals surface area contributed by atoms with E-state index < -0.39 is 0 Å². The SMILES string of the molecule is C1CCC2(CC1)CCN(C1CCNC1)CC2. The number of likely N-dealkylation sites (tertiary alicyclic amines) is 1. The predicted octanol–water partition coefficient (Wildman–Crippen LogP) is 2.39. The van der Waals surface area contributed by atoms with Crippen molar-refractivity contribution in [1.82, 2.24) is 10.2 Å². The largest absolute Gasteiger partial charge is 0.315 e. The highest BCUT2D eigenvalue weighted by atomic mass is 15.2. The Bertz CT molecular complexity index is 217. The van der Waals surface area contributed by atoms with Gasteiger partial charge in [-0.1, -0.05) is 19.3 Å². The van der Waals surface area contributed by atoms with Crippen LogP contribution >= 0.6 is 0 Å². The fourth-order valence-corrected chi connectivity index (χ4v) is 4.12. The highest BCUT2D eigenvalue weighted by molar-refractivity contribution is 4.91. The Morgan fingerprint density at radius 2 is 1.69 bits per heavy atom. The monoisotopic (exact) mass is 222 g/mol. The van der Waals surface area contributed by atoms with E-state index in [9.17, 15) is 0 Å². The molecule has 2 heterocycles. The fourth-order valence-electron chi connectivity index (χ4n) is 4.12. The van der Waals surface area contributed by atoms with Crippen molar-refractivity contribution in [2.45, 2.75) is 57.4 Å². The Hall–Kier alpha value is -0.0800. The normalized spacial score (nSPS) is 35.6. The molecule has 1 N–H and O–H groups in total. The molecule has 92 valence electrons. The Balaban J connectivity index is 1.54. The van der Waals surface area contributed by atoms with Gasteiger partial charge >= 0.3 is 0 Å². The zero-order valence-corrected chi connectivity index (χ0v) is 10.5. The molecule has 0 aromatic carbocycles. The summed E-state index contributed by atoms with van der Waals surface area (Å²) in [6.07, 6.45) is 11.9. The molecule has 3 fully saturated rings. The van der Waals surface area contributed by atoms with Crippen molar-refractivity contribution >= 4 is 0 Å². The van der Waals surface area contributed by atoms with Crippen molar-refractivity contribution in [3.8, 4) is 0 Å². The van der Waals surface area contributed by atoms with Crippen molar-refractivity contribution < 1.29 is 0 Å². The maximum Gasteiger partial charge on any atom is 0.0232 e. The highest BCUT2D eigenvalue weighted by Gasteiger charge is 2.37. The van der Waals surface area contributed by atoms with Crippen LogP contribution in [-0.4, -0.2) is 37.1 Å². The van der Waals surface area contributed by atoms with E-state index in [2.05, 4.69) is 10.2 Å². The molecule has 0 aromatic rings. The molecule has 0 bridgehead atoms. The lowest BCUT2D eigenvalue weighted by Crippen LogP contribution is -2.46. The first-order valence-electron chi connectivity index (χ1n) is 7.33. The number of hydrogen-bond donors (Lipinski definition) is 1. The minimum Gasteiger partial charge on any atom is -0.315 e. The third-order valence-corrected chi connectivity index (χ3v) is 5.32. The summed E-state index contributed by atoms with van der Waals surface area (Å²) in [5.74, 6) is 0. The second kappa shape index (κ2) is 4.66. The Labute approximate surface area is 99.8 Å². The van der Waals surface area contributed by atoms with Gasteiger partial charge in [-0.2, -0.15) is 0 Å². The van der Waals surface area contributed by atoms with Crippen LogP contribution in [0.5, 0.6) is 0 Å². The molecule has 0 aromatic heterocycles. The first-order chi connectivity index (χ1) is 7.88. The van der Waals surface area contributed by atoms with Crippen LogP contribution in [0.2, 0.25) is 0 Å². The average molecular weight is 222 g/mol. The topological polar surface area (TPSA) is 15.3 Å². The number of nitrogens with one attached hydrogen (secondary N) is 1. The third kappa shape index (κ3) is 2.14. The standard InChI is InChI=1S/C14H26N2/c1-2-5-14(6-3-1)7-10-16(11-8-14)13-4-9-15-12-13/h13,15H,1-12H2. The maximum absolute atomic E-state index is 3.50. The van der Waals surface area contributed by atoms with E-state index in [-0.39, 0.29) is 0 Å². The van der Waals surface area contributed by atoms with Crippen molar-refractivity contribution in [2.75, 3.05) is 26.2 Å². The van der Waals surface area contributed by atoms with Gasteiger partial charge in [-0.05, 0) is 57.2 Å². The quantitative estimate of drug-likeness (QED) is 0.733. The Morgan fingerprint density at radius 1 is 0.938 bits per heavy atom. The molecule has 1 aliphatic carbocycles. The van der Waals surface area contributed by atoms with Crippen LogP contribution in [0.3, 0.4) is 0 Å². The molecule has 3 aliphatic rings. The lowest BCUT2D eigenvalue weighted by Gasteiger charge is -2.45. The summed E-state index contributed by atoms with van der Waals surface area (Å²) >= 11 is 0. The summed E-state index contributed by atoms with van der Waals surface area (Å²) in [6.45, 7) is 5.25. The van der Waals surface area contributed by atoms with Gasteiger partial charge in [0.05, 0.1) is 0 Å². The lowest BCUT2D eigenvalue weighted by molar-refractivity contribution is 0.0493. The summed E-state index contributed by atoms with van der Waals surface area (Å²) in [5.41, 5.74) is 0.779. The van der Waals surface area contributed by atoms with Crippen molar-refractivity contribution in [2.24, 2.45) is 5.41 Å². The van der Waals surface area contributed by atoms with Gasteiger partial charge in [0.2, 0.25) is 0 Å². The zero-order chi connectivity index (χ0) is 10.8. The Kier molecular flexibility index (Phi) is 3.21. The molecule has 2 aliphatic heterocycles. The van der Waals surface area contributed by atoms with E-state index >= 15 is 0 Å². The van der Waals surface area contributed by atoms with Gasteiger partial charge in [-0.25, -0.2) is 0 Å². The maximum atomic E-state index is 3.50. The average Bonchev–Trinajstić information content (AvgIpc) is 2.85. The minimum atomic E-state index is 0.779. The summed E-state index contributed by atoms with van der Waals surface area (Å²) in [5, 5.41) is 3.50. The first-order valence-corrected chi connectivity index (χ1v) is 7.33. The van der Waals surface area contributed by atoms with E-state index in [1.165, 1.54) is 77.5 Å². The molecule has 0 radical (unpaired) electrons. The van der Waals surface area contributed by atoms with E-state index in [1.54, 1.807) is 0 Å². The van der Waals surface area contributed by atoms with Gasteiger partial charge in [0.25, 0.3) is 0 Å². The smallest absolute Gasteiger partial charge is 0.0232 e. The number of rotatable bonds is 1. The molecule has 1 saturated carbocycles. The van der Waals surface area contributed by atoms with Crippen LogP contribution in [0, 0.1) is 5.41 Å². The molecule has 3 rings (SSSR count). The summed E-state index contributed by atoms with van der Waals surface area (Å²) in [4.78, 5) is 2.76. The van der Waals surface area contributed by atoms with Gasteiger partial charge < -0.3 is 5.32 Å². The Morgan fingerprint density at radius 3 is 2.31 bits per heavy atom. The van der Waals surface area contributed by atoms with Gasteiger partial charge in [0, 0.05) is 12.6 Å². The number of hydrogen-bond acceptors (Lipinski definition) is 2. The van der Waals surface area contributed by atoms with Crippen molar-refractivity contribution in [3.05, 3.63) is 0 Å². The summed E-state index contributed by atoms with van der Waals surface area (Å²) in [6, 6.07) is 0.862. The van der Waals surface area contributed by atoms with E-state index in [4.69, 9.17) is 0 Å². The first kappa shape index (κ1) is 11.0. The number of piperidine rings is 1. The lowest BCUT2D eigenvalue weighted by atomic mass is 9.68. The van der Waals surface area contributed by atoms with Gasteiger partial charge in [0.15, 0.2) is 0 Å². The minimum absolute atomic E-state index is 0.779. The molecule has 0 amide bonds. The van der Waals surface area contributed by atoms with Crippen LogP contribution in [0.4, 0.5) is 0 Å². The van der Waals surface area contributed by atoms with Crippen LogP contribution in [0.15, 0.2) is 0 Å². The molecule has 2 heteroatoms. The van der Waals surface area contributed by atoms with Crippen LogP contribution in [0.25, 0.3) is 0 Å². The highest BCUT2D eigenvalue weighted by Crippen LogP contribution is 2.44. The fraction of sp³-hybridized carbons (Fsp3) is 1.00. The second-order valence-corrected chi connectivity index (χ2v) is 6.24. The van der Waals surface area contributed by atoms with Gasteiger partial charge in [0.1, 0.15) is 0 Å². The molecule has 2 saturated heterocycles. The summed E-state index contributed by atoms with van der Waals surface area (Å²) < 4.78 is 0. The molecular formula is C14H26N2. The van der Waals surface area contributed by atoms with E-state index in [1.807, 2.05) is 0 Å². The van der Waals surface area contributed by atoms with Crippen molar-refractivity contribution in [3.63, 3.8) is 0 Å². The molecular weight excluding hydrogens is 196 g/mol. The van der Waals surface area contributed by atoms with Crippen molar-refractivity contribution in [1.29, 1.82) is 0 Å². The van der Waals surface area contributed by atoms with E-state index in [0.717, 1.165) is 11.5 Å². The number of nitrogens with zero attached hydrogens (tertiary/aromatic N) is 1. The van der Waals surface area contributed by atoms with E-state index in [0.29, 0.717) is 0 Å². The molecule has 1 unspecified atom stereocenters. The van der Waals surface area contributed by atoms with Gasteiger partial charge in [-0.3, -0.25) is 4.90 Å². The van der Waals surface area contributed by atoms with Crippen LogP contribution < -0.4 is 5.32 Å². The summed E-state index contributed by atoms with van der Waals surface area (Å²) in [7, 11) is 0. The predicted molar refractivity (Wildman–Crippen MR) is 67.6 cm³/mol. The molecule has 1 spiro atoms. The third-order valence-electron chi connectivity index (χ3n) is 5.32. The molecule has 2 nitrogen and oxygen atoms in total. The second-order valence-electron chi connectivity index (χ2n) is 6.24. The zero-order valence-electron chi connectivity index (χ0n) is 10.5.